The lowest BCUT2D eigenvalue weighted by molar-refractivity contribution is -0.135. The molecule has 1 aromatic carbocycles. The SMILES string of the molecule is CCCN1CCC([C@]2(CC)NC(=O)N(C[C@@H]3COc4ccccc4O3)C2=O)CC1. The second-order valence-corrected chi connectivity index (χ2v) is 8.28. The van der Waals surface area contributed by atoms with Gasteiger partial charge in [-0.1, -0.05) is 26.0 Å². The highest BCUT2D eigenvalue weighted by molar-refractivity contribution is 6.07. The highest BCUT2D eigenvalue weighted by Gasteiger charge is 2.55. The molecule has 0 aromatic heterocycles. The minimum absolute atomic E-state index is 0.110. The number of fused-ring (bicyclic) bond motifs is 1. The zero-order chi connectivity index (χ0) is 20.4. The summed E-state index contributed by atoms with van der Waals surface area (Å²) in [6, 6.07) is 7.16. The maximum Gasteiger partial charge on any atom is 0.325 e. The molecule has 3 aliphatic heterocycles. The Balaban J connectivity index is 1.44. The molecule has 0 spiro atoms. The van der Waals surface area contributed by atoms with Gasteiger partial charge in [0, 0.05) is 0 Å². The van der Waals surface area contributed by atoms with Gasteiger partial charge in [0.15, 0.2) is 17.6 Å². The molecule has 29 heavy (non-hydrogen) atoms. The fourth-order valence-corrected chi connectivity index (χ4v) is 4.94. The van der Waals surface area contributed by atoms with Crippen molar-refractivity contribution >= 4 is 11.9 Å². The van der Waals surface area contributed by atoms with Gasteiger partial charge in [-0.15, -0.1) is 0 Å². The summed E-state index contributed by atoms with van der Waals surface area (Å²) in [4.78, 5) is 30.0. The van der Waals surface area contributed by atoms with Crippen molar-refractivity contribution in [3.8, 4) is 11.5 Å². The zero-order valence-corrected chi connectivity index (χ0v) is 17.4. The van der Waals surface area contributed by atoms with E-state index in [0.29, 0.717) is 24.5 Å². The molecule has 3 aliphatic rings. The van der Waals surface area contributed by atoms with Crippen LogP contribution in [-0.4, -0.2) is 66.2 Å². The van der Waals surface area contributed by atoms with Crippen LogP contribution in [0.4, 0.5) is 4.79 Å². The molecule has 3 heterocycles. The monoisotopic (exact) mass is 401 g/mol. The Morgan fingerprint density at radius 3 is 2.55 bits per heavy atom. The van der Waals surface area contributed by atoms with Gasteiger partial charge in [-0.3, -0.25) is 9.69 Å². The van der Waals surface area contributed by atoms with E-state index in [0.717, 1.165) is 38.9 Å². The Morgan fingerprint density at radius 1 is 1.14 bits per heavy atom. The zero-order valence-electron chi connectivity index (χ0n) is 17.4. The second-order valence-electron chi connectivity index (χ2n) is 8.28. The molecule has 0 aliphatic carbocycles. The number of nitrogens with zero attached hydrogens (tertiary/aromatic N) is 2. The van der Waals surface area contributed by atoms with E-state index >= 15 is 0 Å². The summed E-state index contributed by atoms with van der Waals surface area (Å²) in [5, 5.41) is 3.06. The number of urea groups is 1. The van der Waals surface area contributed by atoms with Crippen molar-refractivity contribution in [3.05, 3.63) is 24.3 Å². The number of nitrogens with one attached hydrogen (secondary N) is 1. The molecule has 0 unspecified atom stereocenters. The third-order valence-electron chi connectivity index (χ3n) is 6.54. The Morgan fingerprint density at radius 2 is 1.86 bits per heavy atom. The Hall–Kier alpha value is -2.28. The number of benzene rings is 1. The Labute approximate surface area is 172 Å². The van der Waals surface area contributed by atoms with E-state index in [4.69, 9.17) is 9.47 Å². The van der Waals surface area contributed by atoms with E-state index in [1.165, 1.54) is 4.90 Å². The van der Waals surface area contributed by atoms with Crippen LogP contribution < -0.4 is 14.8 Å². The average molecular weight is 402 g/mol. The first kappa shape index (κ1) is 20.0. The van der Waals surface area contributed by atoms with Crippen LogP contribution in [0.15, 0.2) is 24.3 Å². The van der Waals surface area contributed by atoms with Gasteiger partial charge in [-0.2, -0.15) is 0 Å². The number of hydrogen-bond donors (Lipinski definition) is 1. The van der Waals surface area contributed by atoms with Gasteiger partial charge in [0.2, 0.25) is 0 Å². The number of ether oxygens (including phenoxy) is 2. The maximum absolute atomic E-state index is 13.4. The van der Waals surface area contributed by atoms with Crippen LogP contribution in [0.25, 0.3) is 0 Å². The van der Waals surface area contributed by atoms with Crippen LogP contribution in [0.3, 0.4) is 0 Å². The van der Waals surface area contributed by atoms with Gasteiger partial charge in [-0.25, -0.2) is 4.79 Å². The minimum Gasteiger partial charge on any atom is -0.486 e. The molecular formula is C22H31N3O4. The first-order valence-corrected chi connectivity index (χ1v) is 10.8. The topological polar surface area (TPSA) is 71.1 Å². The van der Waals surface area contributed by atoms with Crippen molar-refractivity contribution in [2.75, 3.05) is 32.8 Å². The normalized spacial score (nSPS) is 27.9. The highest BCUT2D eigenvalue weighted by atomic mass is 16.6. The molecule has 0 radical (unpaired) electrons. The molecule has 1 N–H and O–H groups in total. The largest absolute Gasteiger partial charge is 0.486 e. The third kappa shape index (κ3) is 3.68. The predicted octanol–water partition coefficient (Wildman–Crippen LogP) is 2.65. The lowest BCUT2D eigenvalue weighted by Crippen LogP contribution is -2.56. The smallest absolute Gasteiger partial charge is 0.325 e. The van der Waals surface area contributed by atoms with Crippen LogP contribution in [0, 0.1) is 5.92 Å². The number of amides is 3. The molecule has 1 aromatic rings. The van der Waals surface area contributed by atoms with Crippen LogP contribution in [0.5, 0.6) is 11.5 Å². The summed E-state index contributed by atoms with van der Waals surface area (Å²) < 4.78 is 11.7. The van der Waals surface area contributed by atoms with E-state index in [9.17, 15) is 9.59 Å². The van der Waals surface area contributed by atoms with Gasteiger partial charge in [0.1, 0.15) is 12.1 Å². The number of likely N-dealkylation sites (tertiary alicyclic amines) is 1. The first-order valence-electron chi connectivity index (χ1n) is 10.8. The van der Waals surface area contributed by atoms with Gasteiger partial charge in [0.05, 0.1) is 6.54 Å². The molecule has 3 amide bonds. The van der Waals surface area contributed by atoms with Crippen molar-refractivity contribution in [2.24, 2.45) is 5.92 Å². The van der Waals surface area contributed by atoms with Crippen molar-refractivity contribution in [1.29, 1.82) is 0 Å². The van der Waals surface area contributed by atoms with Crippen LogP contribution in [0.1, 0.15) is 39.5 Å². The molecule has 2 atom stereocenters. The van der Waals surface area contributed by atoms with Gasteiger partial charge >= 0.3 is 6.03 Å². The average Bonchev–Trinajstić information content (AvgIpc) is 2.99. The summed E-state index contributed by atoms with van der Waals surface area (Å²) in [7, 11) is 0. The molecule has 0 bridgehead atoms. The molecule has 7 heteroatoms. The predicted molar refractivity (Wildman–Crippen MR) is 109 cm³/mol. The number of carbonyl (C=O) groups excluding carboxylic acids is 2. The Bertz CT molecular complexity index is 762. The number of carbonyl (C=O) groups is 2. The fourth-order valence-electron chi connectivity index (χ4n) is 4.94. The molecule has 7 nitrogen and oxygen atoms in total. The maximum atomic E-state index is 13.4. The van der Waals surface area contributed by atoms with E-state index in [2.05, 4.69) is 17.1 Å². The number of hydrogen-bond acceptors (Lipinski definition) is 5. The van der Waals surface area contributed by atoms with Crippen LogP contribution in [-0.2, 0) is 4.79 Å². The van der Waals surface area contributed by atoms with E-state index in [1.54, 1.807) is 0 Å². The lowest BCUT2D eigenvalue weighted by atomic mass is 9.75. The van der Waals surface area contributed by atoms with Crippen LogP contribution in [0.2, 0.25) is 0 Å². The quantitative estimate of drug-likeness (QED) is 0.742. The van der Waals surface area contributed by atoms with Crippen molar-refractivity contribution in [3.63, 3.8) is 0 Å². The van der Waals surface area contributed by atoms with Crippen molar-refractivity contribution < 1.29 is 19.1 Å². The van der Waals surface area contributed by atoms with Gasteiger partial charge in [-0.05, 0) is 63.4 Å². The van der Waals surface area contributed by atoms with Crippen LogP contribution >= 0.6 is 0 Å². The number of imide groups is 1. The van der Waals surface area contributed by atoms with E-state index in [1.807, 2.05) is 31.2 Å². The lowest BCUT2D eigenvalue weighted by Gasteiger charge is -2.40. The summed E-state index contributed by atoms with van der Waals surface area (Å²) in [5.74, 6) is 1.41. The molecule has 2 saturated heterocycles. The second kappa shape index (κ2) is 8.22. The fraction of sp³-hybridized carbons (Fsp3) is 0.636. The van der Waals surface area contributed by atoms with E-state index < -0.39 is 5.54 Å². The first-order chi connectivity index (χ1) is 14.1. The third-order valence-corrected chi connectivity index (χ3v) is 6.54. The molecule has 0 saturated carbocycles. The molecule has 2 fully saturated rings. The summed E-state index contributed by atoms with van der Waals surface area (Å²) in [6.45, 7) is 7.78. The van der Waals surface area contributed by atoms with E-state index in [-0.39, 0.29) is 30.5 Å². The standard InChI is InChI=1S/C22H31N3O4/c1-3-11-24-12-9-16(10-13-24)22(4-2)20(26)25(21(27)23-22)14-17-15-28-18-7-5-6-8-19(18)29-17/h5-8,16-17H,3-4,9-15H2,1-2H3,(H,23,27)/t17-,22+/m1/s1. The summed E-state index contributed by atoms with van der Waals surface area (Å²) in [5.41, 5.74) is -0.789. The summed E-state index contributed by atoms with van der Waals surface area (Å²) >= 11 is 0. The van der Waals surface area contributed by atoms with Crippen molar-refractivity contribution in [1.82, 2.24) is 15.1 Å². The highest BCUT2D eigenvalue weighted by Crippen LogP contribution is 2.37. The number of piperidine rings is 1. The molecule has 158 valence electrons. The van der Waals surface area contributed by atoms with Crippen molar-refractivity contribution in [2.45, 2.75) is 51.2 Å². The number of para-hydroxylation sites is 2. The minimum atomic E-state index is -0.789. The summed E-state index contributed by atoms with van der Waals surface area (Å²) in [6.07, 6.45) is 3.25. The molecule has 4 rings (SSSR count). The Kier molecular flexibility index (Phi) is 5.67. The number of rotatable bonds is 6. The molecular weight excluding hydrogens is 370 g/mol. The van der Waals surface area contributed by atoms with Gasteiger partial charge < -0.3 is 19.7 Å². The van der Waals surface area contributed by atoms with Gasteiger partial charge in [0.25, 0.3) is 5.91 Å².